The van der Waals surface area contributed by atoms with Crippen LogP contribution in [0.15, 0.2) is 4.52 Å². The summed E-state index contributed by atoms with van der Waals surface area (Å²) < 4.78 is 5.59. The highest BCUT2D eigenvalue weighted by molar-refractivity contribution is 5.78. The number of rotatable bonds is 4. The predicted octanol–water partition coefficient (Wildman–Crippen LogP) is 4.12. The maximum absolute atomic E-state index is 12.1. The van der Waals surface area contributed by atoms with Gasteiger partial charge in [0.15, 0.2) is 5.82 Å². The fourth-order valence-corrected chi connectivity index (χ4v) is 4.12. The first-order valence-corrected chi connectivity index (χ1v) is 9.70. The summed E-state index contributed by atoms with van der Waals surface area (Å²) in [7, 11) is 0. The number of likely N-dealkylation sites (tertiary alicyclic amines) is 1. The van der Waals surface area contributed by atoms with Gasteiger partial charge in [0, 0.05) is 30.8 Å². The van der Waals surface area contributed by atoms with Crippen molar-refractivity contribution in [3.8, 4) is 0 Å². The highest BCUT2D eigenvalue weighted by Crippen LogP contribution is 2.36. The van der Waals surface area contributed by atoms with E-state index in [2.05, 4.69) is 12.1 Å². The second-order valence-corrected chi connectivity index (χ2v) is 7.87. The Morgan fingerprint density at radius 2 is 1.79 bits per heavy atom. The lowest BCUT2D eigenvalue weighted by Crippen LogP contribution is -2.40. The van der Waals surface area contributed by atoms with Crippen molar-refractivity contribution in [1.29, 1.82) is 0 Å². The molecule has 2 fully saturated rings. The Bertz CT molecular complexity index is 539. The third kappa shape index (κ3) is 3.81. The molecule has 3 rings (SSSR count). The van der Waals surface area contributed by atoms with Gasteiger partial charge in [-0.25, -0.2) is 0 Å². The molecule has 1 aliphatic heterocycles. The van der Waals surface area contributed by atoms with Crippen LogP contribution in [-0.4, -0.2) is 34.0 Å². The zero-order valence-corrected chi connectivity index (χ0v) is 15.3. The largest absolute Gasteiger partial charge is 0.342 e. The first kappa shape index (κ1) is 17.4. The number of carbonyl (C=O) groups excluding carboxylic acids is 1. The zero-order chi connectivity index (χ0) is 17.1. The van der Waals surface area contributed by atoms with Gasteiger partial charge in [-0.15, -0.1) is 0 Å². The number of amides is 1. The lowest BCUT2D eigenvalue weighted by Gasteiger charge is -2.31. The van der Waals surface area contributed by atoms with Crippen LogP contribution in [0.3, 0.4) is 0 Å². The van der Waals surface area contributed by atoms with Crippen molar-refractivity contribution >= 4 is 5.91 Å². The second kappa shape index (κ2) is 7.66. The van der Waals surface area contributed by atoms with Gasteiger partial charge in [-0.3, -0.25) is 4.79 Å². The molecule has 5 nitrogen and oxygen atoms in total. The smallest absolute Gasteiger partial charge is 0.229 e. The van der Waals surface area contributed by atoms with E-state index in [0.29, 0.717) is 11.8 Å². The molecule has 0 atom stereocenters. The van der Waals surface area contributed by atoms with Crippen LogP contribution in [0, 0.1) is 11.8 Å². The molecule has 1 saturated carbocycles. The summed E-state index contributed by atoms with van der Waals surface area (Å²) in [5, 5.41) is 4.28. The average molecular weight is 333 g/mol. The summed E-state index contributed by atoms with van der Waals surface area (Å²) >= 11 is 0. The molecule has 1 aromatic heterocycles. The van der Waals surface area contributed by atoms with Crippen LogP contribution in [-0.2, 0) is 4.79 Å². The maximum Gasteiger partial charge on any atom is 0.229 e. The van der Waals surface area contributed by atoms with E-state index in [1.165, 1.54) is 32.1 Å². The lowest BCUT2D eigenvalue weighted by atomic mass is 9.80. The Hall–Kier alpha value is -1.39. The summed E-state index contributed by atoms with van der Waals surface area (Å²) in [5.74, 6) is 3.72. The third-order valence-corrected chi connectivity index (χ3v) is 5.90. The summed E-state index contributed by atoms with van der Waals surface area (Å²) in [6, 6.07) is 0. The zero-order valence-electron chi connectivity index (χ0n) is 15.3. The first-order chi connectivity index (χ1) is 11.6. The molecule has 1 saturated heterocycles. The number of aromatic nitrogens is 2. The predicted molar refractivity (Wildman–Crippen MR) is 92.7 cm³/mol. The van der Waals surface area contributed by atoms with Crippen molar-refractivity contribution in [2.24, 2.45) is 11.8 Å². The number of piperidine rings is 1. The molecular formula is C19H31N3O2. The van der Waals surface area contributed by atoms with Crippen LogP contribution in [0.2, 0.25) is 0 Å². The van der Waals surface area contributed by atoms with E-state index in [-0.39, 0.29) is 11.8 Å². The van der Waals surface area contributed by atoms with Crippen LogP contribution in [0.5, 0.6) is 0 Å². The van der Waals surface area contributed by atoms with Crippen molar-refractivity contribution in [2.45, 2.75) is 77.6 Å². The first-order valence-electron chi connectivity index (χ1n) is 9.70. The van der Waals surface area contributed by atoms with Gasteiger partial charge in [0.05, 0.1) is 0 Å². The summed E-state index contributed by atoms with van der Waals surface area (Å²) in [6.45, 7) is 7.83. The molecule has 2 heterocycles. The second-order valence-electron chi connectivity index (χ2n) is 7.87. The average Bonchev–Trinajstić information content (AvgIpc) is 3.11. The van der Waals surface area contributed by atoms with Gasteiger partial charge in [0.2, 0.25) is 11.8 Å². The van der Waals surface area contributed by atoms with Gasteiger partial charge in [-0.05, 0) is 44.4 Å². The number of carbonyl (C=O) groups is 1. The van der Waals surface area contributed by atoms with Crippen molar-refractivity contribution in [3.63, 3.8) is 0 Å². The fourth-order valence-electron chi connectivity index (χ4n) is 4.12. The Balaban J connectivity index is 1.54. The molecule has 5 heteroatoms. The molecule has 1 aliphatic carbocycles. The minimum atomic E-state index is 0.0785. The van der Waals surface area contributed by atoms with Crippen LogP contribution < -0.4 is 0 Å². The fraction of sp³-hybridized carbons (Fsp3) is 0.842. The third-order valence-electron chi connectivity index (χ3n) is 5.90. The molecule has 0 unspecified atom stereocenters. The summed E-state index contributed by atoms with van der Waals surface area (Å²) in [6.07, 6.45) is 8.13. The highest BCUT2D eigenvalue weighted by Gasteiger charge is 2.30. The topological polar surface area (TPSA) is 59.2 Å². The van der Waals surface area contributed by atoms with Crippen molar-refractivity contribution < 1.29 is 9.32 Å². The molecule has 1 amide bonds. The maximum atomic E-state index is 12.1. The van der Waals surface area contributed by atoms with Gasteiger partial charge in [-0.2, -0.15) is 4.98 Å². The van der Waals surface area contributed by atoms with E-state index in [0.717, 1.165) is 43.6 Å². The van der Waals surface area contributed by atoms with Gasteiger partial charge >= 0.3 is 0 Å². The molecule has 0 spiro atoms. The lowest BCUT2D eigenvalue weighted by molar-refractivity contribution is -0.135. The van der Waals surface area contributed by atoms with Crippen LogP contribution in [0.1, 0.15) is 89.3 Å². The Labute approximate surface area is 145 Å². The Morgan fingerprint density at radius 3 is 2.38 bits per heavy atom. The molecule has 0 bridgehead atoms. The molecule has 134 valence electrons. The standard InChI is InChI=1S/C19H31N3O2/c1-4-14-5-7-15(8-6-14)17-20-18(24-21-17)16-9-11-22(12-10-16)19(23)13(2)3/h13-16H,4-12H2,1-3H3. The number of nitrogens with zero attached hydrogens (tertiary/aromatic N) is 3. The van der Waals surface area contributed by atoms with E-state index in [1.54, 1.807) is 0 Å². The van der Waals surface area contributed by atoms with Crippen LogP contribution in [0.25, 0.3) is 0 Å². The molecule has 0 aromatic carbocycles. The van der Waals surface area contributed by atoms with Gasteiger partial charge in [0.25, 0.3) is 0 Å². The minimum absolute atomic E-state index is 0.0785. The number of hydrogen-bond donors (Lipinski definition) is 0. The van der Waals surface area contributed by atoms with Crippen LogP contribution >= 0.6 is 0 Å². The molecular weight excluding hydrogens is 302 g/mol. The van der Waals surface area contributed by atoms with E-state index in [1.807, 2.05) is 18.7 Å². The van der Waals surface area contributed by atoms with Crippen molar-refractivity contribution in [3.05, 3.63) is 11.7 Å². The van der Waals surface area contributed by atoms with E-state index >= 15 is 0 Å². The van der Waals surface area contributed by atoms with Crippen molar-refractivity contribution in [1.82, 2.24) is 15.0 Å². The Morgan fingerprint density at radius 1 is 1.12 bits per heavy atom. The van der Waals surface area contributed by atoms with E-state index < -0.39 is 0 Å². The van der Waals surface area contributed by atoms with Gasteiger partial charge in [0.1, 0.15) is 0 Å². The molecule has 1 aromatic rings. The SMILES string of the molecule is CCC1CCC(c2noc(C3CCN(C(=O)C(C)C)CC3)n2)CC1. The van der Waals surface area contributed by atoms with Crippen molar-refractivity contribution in [2.75, 3.05) is 13.1 Å². The van der Waals surface area contributed by atoms with Gasteiger partial charge in [-0.1, -0.05) is 32.3 Å². The Kier molecular flexibility index (Phi) is 5.57. The normalized spacial score (nSPS) is 26.1. The summed E-state index contributed by atoms with van der Waals surface area (Å²) in [4.78, 5) is 18.8. The highest BCUT2D eigenvalue weighted by atomic mass is 16.5. The van der Waals surface area contributed by atoms with E-state index in [4.69, 9.17) is 9.51 Å². The quantitative estimate of drug-likeness (QED) is 0.832. The minimum Gasteiger partial charge on any atom is -0.342 e. The van der Waals surface area contributed by atoms with Gasteiger partial charge < -0.3 is 9.42 Å². The molecule has 2 aliphatic rings. The van der Waals surface area contributed by atoms with E-state index in [9.17, 15) is 4.79 Å². The monoisotopic (exact) mass is 333 g/mol. The van der Waals surface area contributed by atoms with Crippen LogP contribution in [0.4, 0.5) is 0 Å². The number of hydrogen-bond acceptors (Lipinski definition) is 4. The molecule has 0 radical (unpaired) electrons. The molecule has 0 N–H and O–H groups in total. The summed E-state index contributed by atoms with van der Waals surface area (Å²) in [5.41, 5.74) is 0. The molecule has 24 heavy (non-hydrogen) atoms.